The molecule has 0 bridgehead atoms. The highest BCUT2D eigenvalue weighted by atomic mass is 35.5. The van der Waals surface area contributed by atoms with E-state index in [0.29, 0.717) is 17.1 Å². The van der Waals surface area contributed by atoms with Crippen molar-refractivity contribution in [2.75, 3.05) is 19.8 Å². The number of benzene rings is 1. The quantitative estimate of drug-likeness (QED) is 0.886. The molecule has 2 aromatic rings. The summed E-state index contributed by atoms with van der Waals surface area (Å²) in [6, 6.07) is 5.41. The van der Waals surface area contributed by atoms with E-state index in [9.17, 15) is 4.79 Å². The summed E-state index contributed by atoms with van der Waals surface area (Å²) >= 11 is 7.38. The third-order valence-electron chi connectivity index (χ3n) is 2.63. The molecule has 1 amide bonds. The summed E-state index contributed by atoms with van der Waals surface area (Å²) in [5.74, 6) is 0.0347. The second kappa shape index (κ2) is 5.59. The Morgan fingerprint density at radius 1 is 1.47 bits per heavy atom. The van der Waals surface area contributed by atoms with Gasteiger partial charge in [-0.3, -0.25) is 4.79 Å². The molecule has 4 nitrogen and oxygen atoms in total. The molecule has 100 valence electrons. The van der Waals surface area contributed by atoms with Crippen LogP contribution >= 0.6 is 22.9 Å². The molecule has 0 radical (unpaired) electrons. The van der Waals surface area contributed by atoms with Gasteiger partial charge in [-0.2, -0.15) is 0 Å². The zero-order valence-electron chi connectivity index (χ0n) is 10.7. The maximum atomic E-state index is 11.6. The number of hydrogen-bond acceptors (Lipinski definition) is 4. The minimum Gasteiger partial charge on any atom is -0.398 e. The van der Waals surface area contributed by atoms with Crippen LogP contribution in [0.4, 0.5) is 5.69 Å². The standard InChI is InChI=1S/C13H14ClN3OS/c1-17(2)12(18)6-9-7-19-13(16-9)8-3-4-10(14)11(15)5-8/h3-5,7H,6,15H2,1-2H3. The smallest absolute Gasteiger partial charge is 0.228 e. The van der Waals surface area contributed by atoms with E-state index >= 15 is 0 Å². The monoisotopic (exact) mass is 295 g/mol. The average molecular weight is 296 g/mol. The highest BCUT2D eigenvalue weighted by molar-refractivity contribution is 7.13. The number of nitrogens with two attached hydrogens (primary N) is 1. The number of nitrogens with zero attached hydrogens (tertiary/aromatic N) is 2. The van der Waals surface area contributed by atoms with Crippen LogP contribution in [0, 0.1) is 0 Å². The van der Waals surface area contributed by atoms with Crippen molar-refractivity contribution in [2.24, 2.45) is 0 Å². The summed E-state index contributed by atoms with van der Waals surface area (Å²) in [5.41, 5.74) is 7.98. The summed E-state index contributed by atoms with van der Waals surface area (Å²) in [6.45, 7) is 0. The Bertz CT molecular complexity index is 610. The first-order chi connectivity index (χ1) is 8.97. The highest BCUT2D eigenvalue weighted by Gasteiger charge is 2.11. The van der Waals surface area contributed by atoms with E-state index < -0.39 is 0 Å². The summed E-state index contributed by atoms with van der Waals surface area (Å²) in [7, 11) is 3.46. The Morgan fingerprint density at radius 2 is 2.21 bits per heavy atom. The van der Waals surface area contributed by atoms with Gasteiger partial charge in [0.05, 0.1) is 22.8 Å². The third kappa shape index (κ3) is 3.24. The molecule has 0 spiro atoms. The largest absolute Gasteiger partial charge is 0.398 e. The van der Waals surface area contributed by atoms with E-state index in [1.165, 1.54) is 11.3 Å². The number of thiazole rings is 1. The molecule has 0 unspecified atom stereocenters. The van der Waals surface area contributed by atoms with E-state index in [-0.39, 0.29) is 5.91 Å². The highest BCUT2D eigenvalue weighted by Crippen LogP contribution is 2.29. The molecule has 19 heavy (non-hydrogen) atoms. The van der Waals surface area contributed by atoms with Crippen molar-refractivity contribution in [1.82, 2.24) is 9.88 Å². The lowest BCUT2D eigenvalue weighted by molar-refractivity contribution is -0.128. The van der Waals surface area contributed by atoms with Crippen LogP contribution < -0.4 is 5.73 Å². The Hall–Kier alpha value is -1.59. The molecule has 0 aliphatic heterocycles. The van der Waals surface area contributed by atoms with Gasteiger partial charge in [-0.25, -0.2) is 4.98 Å². The predicted octanol–water partition coefficient (Wildman–Crippen LogP) is 2.68. The predicted molar refractivity (Wildman–Crippen MR) is 79.4 cm³/mol. The maximum absolute atomic E-state index is 11.6. The van der Waals surface area contributed by atoms with Gasteiger partial charge in [0.1, 0.15) is 5.01 Å². The van der Waals surface area contributed by atoms with E-state index in [1.807, 2.05) is 11.4 Å². The number of nitrogen functional groups attached to an aromatic ring is 1. The van der Waals surface area contributed by atoms with Crippen LogP contribution in [0.25, 0.3) is 10.6 Å². The normalized spacial score (nSPS) is 10.5. The number of rotatable bonds is 3. The fourth-order valence-electron chi connectivity index (χ4n) is 1.51. The minimum atomic E-state index is 0.0347. The number of anilines is 1. The Kier molecular flexibility index (Phi) is 4.07. The van der Waals surface area contributed by atoms with Crippen molar-refractivity contribution in [3.63, 3.8) is 0 Å². The second-order valence-electron chi connectivity index (χ2n) is 4.35. The summed E-state index contributed by atoms with van der Waals surface area (Å²) in [5, 5.41) is 3.26. The van der Waals surface area contributed by atoms with Crippen molar-refractivity contribution in [2.45, 2.75) is 6.42 Å². The van der Waals surface area contributed by atoms with Gasteiger partial charge in [0, 0.05) is 25.0 Å². The van der Waals surface area contributed by atoms with E-state index in [4.69, 9.17) is 17.3 Å². The van der Waals surface area contributed by atoms with Gasteiger partial charge in [-0.1, -0.05) is 17.7 Å². The molecule has 0 atom stereocenters. The Balaban J connectivity index is 2.21. The van der Waals surface area contributed by atoms with Gasteiger partial charge in [0.2, 0.25) is 5.91 Å². The molecule has 0 aliphatic rings. The number of halogens is 1. The van der Waals surface area contributed by atoms with Gasteiger partial charge >= 0.3 is 0 Å². The minimum absolute atomic E-state index is 0.0347. The molecular formula is C13H14ClN3OS. The lowest BCUT2D eigenvalue weighted by Gasteiger charge is -2.07. The summed E-state index contributed by atoms with van der Waals surface area (Å²) < 4.78 is 0. The first kappa shape index (κ1) is 13.8. The SMILES string of the molecule is CN(C)C(=O)Cc1csc(-c2ccc(Cl)c(N)c2)n1. The van der Waals surface area contributed by atoms with Crippen molar-refractivity contribution in [3.8, 4) is 10.6 Å². The molecule has 2 rings (SSSR count). The van der Waals surface area contributed by atoms with Gasteiger partial charge < -0.3 is 10.6 Å². The molecule has 1 aromatic carbocycles. The molecule has 1 heterocycles. The lowest BCUT2D eigenvalue weighted by atomic mass is 10.2. The van der Waals surface area contributed by atoms with Crippen LogP contribution in [0.2, 0.25) is 5.02 Å². The van der Waals surface area contributed by atoms with E-state index in [0.717, 1.165) is 16.3 Å². The van der Waals surface area contributed by atoms with Gasteiger partial charge in [-0.15, -0.1) is 11.3 Å². The van der Waals surface area contributed by atoms with Crippen LogP contribution in [0.15, 0.2) is 23.6 Å². The van der Waals surface area contributed by atoms with Crippen LogP contribution in [0.5, 0.6) is 0 Å². The van der Waals surface area contributed by atoms with Crippen LogP contribution in [0.3, 0.4) is 0 Å². The third-order valence-corrected chi connectivity index (χ3v) is 3.91. The molecule has 2 N–H and O–H groups in total. The topological polar surface area (TPSA) is 59.2 Å². The van der Waals surface area contributed by atoms with Crippen LogP contribution in [-0.2, 0) is 11.2 Å². The molecular weight excluding hydrogens is 282 g/mol. The van der Waals surface area contributed by atoms with Crippen LogP contribution in [0.1, 0.15) is 5.69 Å². The summed E-state index contributed by atoms with van der Waals surface area (Å²) in [6.07, 6.45) is 0.312. The average Bonchev–Trinajstić information content (AvgIpc) is 2.81. The number of carbonyl (C=O) groups excluding carboxylic acids is 1. The number of carbonyl (C=O) groups is 1. The van der Waals surface area contributed by atoms with Crippen molar-refractivity contribution in [1.29, 1.82) is 0 Å². The first-order valence-electron chi connectivity index (χ1n) is 5.67. The molecule has 0 saturated heterocycles. The zero-order valence-corrected chi connectivity index (χ0v) is 12.3. The van der Waals surface area contributed by atoms with Crippen LogP contribution in [-0.4, -0.2) is 29.9 Å². The number of likely N-dealkylation sites (N-methyl/N-ethyl adjacent to an activating group) is 1. The second-order valence-corrected chi connectivity index (χ2v) is 5.61. The molecule has 1 aromatic heterocycles. The zero-order chi connectivity index (χ0) is 14.0. The fraction of sp³-hybridized carbons (Fsp3) is 0.231. The number of aromatic nitrogens is 1. The maximum Gasteiger partial charge on any atom is 0.228 e. The van der Waals surface area contributed by atoms with Gasteiger partial charge in [-0.05, 0) is 12.1 Å². The first-order valence-corrected chi connectivity index (χ1v) is 6.93. The van der Waals surface area contributed by atoms with Gasteiger partial charge in [0.15, 0.2) is 0 Å². The van der Waals surface area contributed by atoms with Crippen molar-refractivity contribution < 1.29 is 4.79 Å². The molecule has 6 heteroatoms. The molecule has 0 saturated carbocycles. The molecule has 0 fully saturated rings. The number of amides is 1. The Labute approximate surface area is 120 Å². The van der Waals surface area contributed by atoms with Gasteiger partial charge in [0.25, 0.3) is 0 Å². The van der Waals surface area contributed by atoms with E-state index in [1.54, 1.807) is 31.1 Å². The number of hydrogen-bond donors (Lipinski definition) is 1. The van der Waals surface area contributed by atoms with Crippen molar-refractivity contribution >= 4 is 34.5 Å². The van der Waals surface area contributed by atoms with Crippen molar-refractivity contribution in [3.05, 3.63) is 34.3 Å². The Morgan fingerprint density at radius 3 is 2.84 bits per heavy atom. The summed E-state index contributed by atoms with van der Waals surface area (Å²) in [4.78, 5) is 17.6. The lowest BCUT2D eigenvalue weighted by Crippen LogP contribution is -2.23. The molecule has 0 aliphatic carbocycles. The van der Waals surface area contributed by atoms with E-state index in [2.05, 4.69) is 4.98 Å². The fourth-order valence-corrected chi connectivity index (χ4v) is 2.44.